The Morgan fingerprint density at radius 3 is 2.16 bits per heavy atom. The van der Waals surface area contributed by atoms with Gasteiger partial charge in [-0.3, -0.25) is 0 Å². The number of hydrogen-bond donors (Lipinski definition) is 0. The van der Waals surface area contributed by atoms with E-state index in [1.54, 1.807) is 0 Å². The van der Waals surface area contributed by atoms with Gasteiger partial charge in [-0.1, -0.05) is 82.2 Å². The molecule has 0 aromatic heterocycles. The molecule has 0 aliphatic carbocycles. The van der Waals surface area contributed by atoms with Crippen LogP contribution in [0.2, 0.25) is 0 Å². The molecule has 0 bridgehead atoms. The summed E-state index contributed by atoms with van der Waals surface area (Å²) in [6.07, 6.45) is 12.1. The molecule has 1 rings (SSSR count). The molecule has 1 atom stereocenters. The molecule has 0 saturated heterocycles. The van der Waals surface area contributed by atoms with Gasteiger partial charge in [0.1, 0.15) is 0 Å². The lowest BCUT2D eigenvalue weighted by Crippen LogP contribution is -2.06. The summed E-state index contributed by atoms with van der Waals surface area (Å²) in [7, 11) is 0. The minimum Gasteiger partial charge on any atom is -0.126 e. The minimum absolute atomic E-state index is 0.653. The predicted molar refractivity (Wildman–Crippen MR) is 87.0 cm³/mol. The van der Waals surface area contributed by atoms with Crippen LogP contribution in [0.5, 0.6) is 0 Å². The predicted octanol–water partition coefficient (Wildman–Crippen LogP) is 6.22. The molecule has 19 heavy (non-hydrogen) atoms. The third-order valence-electron chi connectivity index (χ3n) is 3.80. The second-order valence-electron chi connectivity index (χ2n) is 5.62. The standard InChI is InChI=1S/C18H29Cl/c1-2-3-4-5-6-7-9-14-18(16-19)15-17-12-10-8-11-13-17/h8,10-13,18H,2-7,9,14-16H2,1H3. The van der Waals surface area contributed by atoms with Crippen LogP contribution in [-0.2, 0) is 6.42 Å². The van der Waals surface area contributed by atoms with Crippen LogP contribution in [0.1, 0.15) is 63.9 Å². The highest BCUT2D eigenvalue weighted by molar-refractivity contribution is 6.18. The molecule has 0 spiro atoms. The van der Waals surface area contributed by atoms with Crippen molar-refractivity contribution in [1.29, 1.82) is 0 Å². The Bertz CT molecular complexity index is 294. The highest BCUT2D eigenvalue weighted by Crippen LogP contribution is 2.18. The second kappa shape index (κ2) is 11.3. The van der Waals surface area contributed by atoms with Crippen molar-refractivity contribution in [2.24, 2.45) is 5.92 Å². The van der Waals surface area contributed by atoms with Gasteiger partial charge in [-0.05, 0) is 24.3 Å². The molecular weight excluding hydrogens is 252 g/mol. The molecule has 0 fully saturated rings. The maximum absolute atomic E-state index is 6.10. The van der Waals surface area contributed by atoms with Crippen LogP contribution in [0.15, 0.2) is 30.3 Å². The van der Waals surface area contributed by atoms with Crippen molar-refractivity contribution in [2.45, 2.75) is 64.7 Å². The number of rotatable bonds is 11. The Balaban J connectivity index is 2.09. The van der Waals surface area contributed by atoms with E-state index in [0.717, 1.165) is 12.3 Å². The van der Waals surface area contributed by atoms with Crippen LogP contribution in [0.3, 0.4) is 0 Å². The van der Waals surface area contributed by atoms with Crippen molar-refractivity contribution >= 4 is 11.6 Å². The molecule has 108 valence electrons. The van der Waals surface area contributed by atoms with Crippen LogP contribution in [0.25, 0.3) is 0 Å². The van der Waals surface area contributed by atoms with Gasteiger partial charge in [0.05, 0.1) is 0 Å². The number of benzene rings is 1. The number of halogens is 1. The van der Waals surface area contributed by atoms with Crippen LogP contribution < -0.4 is 0 Å². The SMILES string of the molecule is CCCCCCCCCC(CCl)Cc1ccccc1. The van der Waals surface area contributed by atoms with E-state index >= 15 is 0 Å². The Morgan fingerprint density at radius 1 is 0.895 bits per heavy atom. The Labute approximate surface area is 124 Å². The van der Waals surface area contributed by atoms with Gasteiger partial charge in [-0.25, -0.2) is 0 Å². The van der Waals surface area contributed by atoms with E-state index < -0.39 is 0 Å². The molecule has 0 saturated carbocycles. The van der Waals surface area contributed by atoms with E-state index in [-0.39, 0.29) is 0 Å². The summed E-state index contributed by atoms with van der Waals surface area (Å²) in [5.41, 5.74) is 1.43. The molecule has 1 heteroatoms. The molecule has 0 N–H and O–H groups in total. The average Bonchev–Trinajstić information content (AvgIpc) is 2.46. The van der Waals surface area contributed by atoms with Crippen LogP contribution >= 0.6 is 11.6 Å². The topological polar surface area (TPSA) is 0 Å². The fraction of sp³-hybridized carbons (Fsp3) is 0.667. The third-order valence-corrected chi connectivity index (χ3v) is 4.24. The first-order valence-electron chi connectivity index (χ1n) is 7.96. The summed E-state index contributed by atoms with van der Waals surface area (Å²) in [5.74, 6) is 1.45. The fourth-order valence-corrected chi connectivity index (χ4v) is 2.83. The lowest BCUT2D eigenvalue weighted by Gasteiger charge is -2.13. The maximum Gasteiger partial charge on any atom is 0.0254 e. The Kier molecular flexibility index (Phi) is 9.89. The molecule has 1 aromatic carbocycles. The maximum atomic E-state index is 6.10. The van der Waals surface area contributed by atoms with Crippen molar-refractivity contribution in [3.05, 3.63) is 35.9 Å². The fourth-order valence-electron chi connectivity index (χ4n) is 2.57. The Hall–Kier alpha value is -0.490. The summed E-state index contributed by atoms with van der Waals surface area (Å²) in [5, 5.41) is 0. The van der Waals surface area contributed by atoms with Crippen molar-refractivity contribution in [2.75, 3.05) is 5.88 Å². The average molecular weight is 281 g/mol. The van der Waals surface area contributed by atoms with Gasteiger partial charge in [0.2, 0.25) is 0 Å². The zero-order valence-electron chi connectivity index (χ0n) is 12.4. The first-order chi connectivity index (χ1) is 9.36. The van der Waals surface area contributed by atoms with Crippen LogP contribution in [-0.4, -0.2) is 5.88 Å². The summed E-state index contributed by atoms with van der Waals surface area (Å²) >= 11 is 6.10. The van der Waals surface area contributed by atoms with Crippen LogP contribution in [0.4, 0.5) is 0 Å². The minimum atomic E-state index is 0.653. The molecule has 0 aliphatic rings. The van der Waals surface area contributed by atoms with Gasteiger partial charge in [0.25, 0.3) is 0 Å². The zero-order valence-corrected chi connectivity index (χ0v) is 13.2. The second-order valence-corrected chi connectivity index (χ2v) is 5.93. The number of unbranched alkanes of at least 4 members (excludes halogenated alkanes) is 6. The first-order valence-corrected chi connectivity index (χ1v) is 8.50. The van der Waals surface area contributed by atoms with Gasteiger partial charge in [-0.2, -0.15) is 0 Å². The number of alkyl halides is 1. The van der Waals surface area contributed by atoms with E-state index in [9.17, 15) is 0 Å². The van der Waals surface area contributed by atoms with E-state index in [2.05, 4.69) is 37.3 Å². The largest absolute Gasteiger partial charge is 0.126 e. The highest BCUT2D eigenvalue weighted by atomic mass is 35.5. The van der Waals surface area contributed by atoms with Crippen LogP contribution in [0, 0.1) is 5.92 Å². The van der Waals surface area contributed by atoms with Crippen molar-refractivity contribution in [3.8, 4) is 0 Å². The summed E-state index contributed by atoms with van der Waals surface area (Å²) < 4.78 is 0. The van der Waals surface area contributed by atoms with Crippen molar-refractivity contribution in [3.63, 3.8) is 0 Å². The molecular formula is C18H29Cl. The van der Waals surface area contributed by atoms with Gasteiger partial charge in [0.15, 0.2) is 0 Å². The lowest BCUT2D eigenvalue weighted by atomic mass is 9.95. The lowest BCUT2D eigenvalue weighted by molar-refractivity contribution is 0.483. The molecule has 1 unspecified atom stereocenters. The van der Waals surface area contributed by atoms with Gasteiger partial charge < -0.3 is 0 Å². The van der Waals surface area contributed by atoms with E-state index in [0.29, 0.717) is 5.92 Å². The molecule has 0 nitrogen and oxygen atoms in total. The summed E-state index contributed by atoms with van der Waals surface area (Å²) in [6.45, 7) is 2.27. The monoisotopic (exact) mass is 280 g/mol. The summed E-state index contributed by atoms with van der Waals surface area (Å²) in [6, 6.07) is 10.7. The van der Waals surface area contributed by atoms with Crippen molar-refractivity contribution in [1.82, 2.24) is 0 Å². The summed E-state index contributed by atoms with van der Waals surface area (Å²) in [4.78, 5) is 0. The third kappa shape index (κ3) is 8.31. The smallest absolute Gasteiger partial charge is 0.0254 e. The van der Waals surface area contributed by atoms with Gasteiger partial charge in [0, 0.05) is 5.88 Å². The molecule has 0 radical (unpaired) electrons. The first kappa shape index (κ1) is 16.6. The van der Waals surface area contributed by atoms with E-state index in [1.807, 2.05) is 0 Å². The van der Waals surface area contributed by atoms with Gasteiger partial charge >= 0.3 is 0 Å². The highest BCUT2D eigenvalue weighted by Gasteiger charge is 2.08. The van der Waals surface area contributed by atoms with Gasteiger partial charge in [-0.15, -0.1) is 11.6 Å². The zero-order chi connectivity index (χ0) is 13.8. The quantitative estimate of drug-likeness (QED) is 0.333. The molecule has 1 aromatic rings. The molecule has 0 aliphatic heterocycles. The Morgan fingerprint density at radius 2 is 1.53 bits per heavy atom. The van der Waals surface area contributed by atoms with E-state index in [1.165, 1.54) is 56.9 Å². The van der Waals surface area contributed by atoms with Crippen molar-refractivity contribution < 1.29 is 0 Å². The normalized spacial score (nSPS) is 12.5. The number of hydrogen-bond acceptors (Lipinski definition) is 0. The van der Waals surface area contributed by atoms with E-state index in [4.69, 9.17) is 11.6 Å². The molecule has 0 amide bonds. The molecule has 0 heterocycles.